The Morgan fingerprint density at radius 1 is 1.38 bits per heavy atom. The summed E-state index contributed by atoms with van der Waals surface area (Å²) in [5, 5.41) is 3.00. The van der Waals surface area contributed by atoms with Crippen LogP contribution in [0, 0.1) is 10.8 Å². The molecule has 0 aromatic rings. The van der Waals surface area contributed by atoms with Gasteiger partial charge in [-0.2, -0.15) is 0 Å². The molecule has 3 heteroatoms. The molecule has 0 radical (unpaired) electrons. The molecule has 1 aliphatic rings. The molecule has 0 saturated heterocycles. The van der Waals surface area contributed by atoms with Crippen molar-refractivity contribution in [1.29, 1.82) is 0 Å². The van der Waals surface area contributed by atoms with Gasteiger partial charge in [-0.05, 0) is 43.1 Å². The Morgan fingerprint density at radius 3 is 2.44 bits per heavy atom. The van der Waals surface area contributed by atoms with E-state index in [0.717, 1.165) is 19.4 Å². The van der Waals surface area contributed by atoms with Crippen LogP contribution in [0.25, 0.3) is 0 Å². The van der Waals surface area contributed by atoms with Crippen LogP contribution in [0.1, 0.15) is 52.9 Å². The normalized spacial score (nSPS) is 18.2. The van der Waals surface area contributed by atoms with Crippen LogP contribution in [0.3, 0.4) is 0 Å². The van der Waals surface area contributed by atoms with Gasteiger partial charge >= 0.3 is 0 Å². The fourth-order valence-corrected chi connectivity index (χ4v) is 1.78. The summed E-state index contributed by atoms with van der Waals surface area (Å²) < 4.78 is 0. The monoisotopic (exact) mass is 226 g/mol. The Bertz CT molecular complexity index is 239. The summed E-state index contributed by atoms with van der Waals surface area (Å²) in [6.07, 6.45) is 5.07. The maximum absolute atomic E-state index is 11.6. The molecule has 1 rings (SSSR count). The van der Waals surface area contributed by atoms with E-state index in [1.807, 2.05) is 0 Å². The Hall–Kier alpha value is -0.570. The van der Waals surface area contributed by atoms with Crippen LogP contribution >= 0.6 is 0 Å². The second-order valence-electron chi connectivity index (χ2n) is 6.40. The fraction of sp³-hybridized carbons (Fsp3) is 0.923. The predicted molar refractivity (Wildman–Crippen MR) is 67.0 cm³/mol. The number of hydrogen-bond acceptors (Lipinski definition) is 2. The van der Waals surface area contributed by atoms with E-state index in [4.69, 9.17) is 5.73 Å². The summed E-state index contributed by atoms with van der Waals surface area (Å²) >= 11 is 0. The molecule has 3 nitrogen and oxygen atoms in total. The Labute approximate surface area is 99.2 Å². The minimum absolute atomic E-state index is 0.184. The molecular formula is C13H26N2O. The zero-order valence-corrected chi connectivity index (χ0v) is 10.9. The molecule has 1 aliphatic carbocycles. The average Bonchev–Trinajstić information content (AvgIpc) is 2.93. The van der Waals surface area contributed by atoms with Crippen molar-refractivity contribution >= 4 is 5.91 Å². The number of rotatable bonds is 6. The average molecular weight is 226 g/mol. The number of carbonyl (C=O) groups excluding carboxylic acids is 1. The highest BCUT2D eigenvalue weighted by atomic mass is 16.1. The van der Waals surface area contributed by atoms with E-state index in [0.29, 0.717) is 18.4 Å². The highest BCUT2D eigenvalue weighted by molar-refractivity contribution is 5.75. The van der Waals surface area contributed by atoms with Gasteiger partial charge in [0, 0.05) is 13.0 Å². The Morgan fingerprint density at radius 2 is 2.00 bits per heavy atom. The zero-order chi connectivity index (χ0) is 12.2. The van der Waals surface area contributed by atoms with Gasteiger partial charge in [0.15, 0.2) is 0 Å². The van der Waals surface area contributed by atoms with Crippen LogP contribution in [0.2, 0.25) is 0 Å². The summed E-state index contributed by atoms with van der Waals surface area (Å²) in [5.74, 6) is 0.184. The first-order chi connectivity index (χ1) is 7.37. The van der Waals surface area contributed by atoms with E-state index in [9.17, 15) is 4.79 Å². The van der Waals surface area contributed by atoms with Gasteiger partial charge in [-0.25, -0.2) is 0 Å². The van der Waals surface area contributed by atoms with Crippen LogP contribution < -0.4 is 11.1 Å². The minimum atomic E-state index is 0.184. The zero-order valence-electron chi connectivity index (χ0n) is 10.9. The molecule has 1 saturated carbocycles. The quantitative estimate of drug-likeness (QED) is 0.728. The lowest BCUT2D eigenvalue weighted by Gasteiger charge is -2.18. The van der Waals surface area contributed by atoms with Crippen molar-refractivity contribution < 1.29 is 4.79 Å². The predicted octanol–water partition coefficient (Wildman–Crippen LogP) is 2.06. The topological polar surface area (TPSA) is 55.1 Å². The van der Waals surface area contributed by atoms with Gasteiger partial charge in [-0.15, -0.1) is 0 Å². The molecule has 0 aliphatic heterocycles. The second kappa shape index (κ2) is 5.17. The highest BCUT2D eigenvalue weighted by Gasteiger charge is 2.41. The van der Waals surface area contributed by atoms with Crippen LogP contribution in [0.15, 0.2) is 0 Å². The third-order valence-electron chi connectivity index (χ3n) is 3.38. The lowest BCUT2D eigenvalue weighted by atomic mass is 9.90. The molecule has 0 atom stereocenters. The van der Waals surface area contributed by atoms with Gasteiger partial charge in [0.05, 0.1) is 0 Å². The molecule has 0 bridgehead atoms. The van der Waals surface area contributed by atoms with E-state index in [-0.39, 0.29) is 11.3 Å². The van der Waals surface area contributed by atoms with E-state index in [1.54, 1.807) is 0 Å². The first-order valence-corrected chi connectivity index (χ1v) is 6.34. The molecule has 1 fully saturated rings. The van der Waals surface area contributed by atoms with E-state index < -0.39 is 0 Å². The van der Waals surface area contributed by atoms with Gasteiger partial charge in [0.2, 0.25) is 5.91 Å². The van der Waals surface area contributed by atoms with Gasteiger partial charge in [-0.3, -0.25) is 4.79 Å². The lowest BCUT2D eigenvalue weighted by molar-refractivity contribution is -0.121. The maximum Gasteiger partial charge on any atom is 0.220 e. The maximum atomic E-state index is 11.6. The summed E-state index contributed by atoms with van der Waals surface area (Å²) in [6, 6.07) is 0. The molecule has 0 unspecified atom stereocenters. The second-order valence-corrected chi connectivity index (χ2v) is 6.40. The van der Waals surface area contributed by atoms with Crippen molar-refractivity contribution in [3.05, 3.63) is 0 Å². The molecule has 0 aromatic carbocycles. The summed E-state index contributed by atoms with van der Waals surface area (Å²) in [6.45, 7) is 8.10. The molecule has 1 amide bonds. The van der Waals surface area contributed by atoms with Crippen molar-refractivity contribution in [2.75, 3.05) is 13.1 Å². The van der Waals surface area contributed by atoms with E-state index in [1.165, 1.54) is 12.8 Å². The minimum Gasteiger partial charge on any atom is -0.355 e. The van der Waals surface area contributed by atoms with Crippen LogP contribution in [0.4, 0.5) is 0 Å². The first-order valence-electron chi connectivity index (χ1n) is 6.34. The third kappa shape index (κ3) is 4.97. The fourth-order valence-electron chi connectivity index (χ4n) is 1.78. The lowest BCUT2D eigenvalue weighted by Crippen LogP contribution is -2.33. The first kappa shape index (κ1) is 13.5. The molecule has 0 aromatic heterocycles. The van der Waals surface area contributed by atoms with Crippen LogP contribution in [-0.4, -0.2) is 19.0 Å². The molecular weight excluding hydrogens is 200 g/mol. The Balaban J connectivity index is 2.08. The highest BCUT2D eigenvalue weighted by Crippen LogP contribution is 2.43. The van der Waals surface area contributed by atoms with Crippen molar-refractivity contribution in [3.8, 4) is 0 Å². The summed E-state index contributed by atoms with van der Waals surface area (Å²) in [4.78, 5) is 11.6. The van der Waals surface area contributed by atoms with E-state index >= 15 is 0 Å². The number of hydrogen-bond donors (Lipinski definition) is 2. The van der Waals surface area contributed by atoms with E-state index in [2.05, 4.69) is 26.1 Å². The molecule has 0 spiro atoms. The molecule has 0 heterocycles. The van der Waals surface area contributed by atoms with Crippen molar-refractivity contribution in [3.63, 3.8) is 0 Å². The summed E-state index contributed by atoms with van der Waals surface area (Å²) in [5.41, 5.74) is 6.24. The number of nitrogens with two attached hydrogens (primary N) is 1. The van der Waals surface area contributed by atoms with Gasteiger partial charge in [0.25, 0.3) is 0 Å². The molecule has 3 N–H and O–H groups in total. The smallest absolute Gasteiger partial charge is 0.220 e. The van der Waals surface area contributed by atoms with Gasteiger partial charge < -0.3 is 11.1 Å². The summed E-state index contributed by atoms with van der Waals surface area (Å²) in [7, 11) is 0. The molecule has 16 heavy (non-hydrogen) atoms. The van der Waals surface area contributed by atoms with Gasteiger partial charge in [0.1, 0.15) is 0 Å². The number of nitrogens with one attached hydrogen (secondary N) is 1. The third-order valence-corrected chi connectivity index (χ3v) is 3.38. The number of amides is 1. The Kier molecular flexibility index (Phi) is 4.36. The largest absolute Gasteiger partial charge is 0.355 e. The van der Waals surface area contributed by atoms with Crippen molar-refractivity contribution in [2.24, 2.45) is 16.6 Å². The van der Waals surface area contributed by atoms with Gasteiger partial charge in [-0.1, -0.05) is 20.8 Å². The number of carbonyl (C=O) groups is 1. The van der Waals surface area contributed by atoms with Crippen molar-refractivity contribution in [1.82, 2.24) is 5.32 Å². The SMILES string of the molecule is CC(C)(C)CCCC(=O)NCC1(CN)CC1. The molecule has 94 valence electrons. The van der Waals surface area contributed by atoms with Crippen molar-refractivity contribution in [2.45, 2.75) is 52.9 Å². The van der Waals surface area contributed by atoms with Crippen LogP contribution in [0.5, 0.6) is 0 Å². The van der Waals surface area contributed by atoms with Crippen LogP contribution in [-0.2, 0) is 4.79 Å². The standard InChI is InChI=1S/C13H26N2O/c1-12(2,3)6-4-5-11(16)15-10-13(9-14)7-8-13/h4-10,14H2,1-3H3,(H,15,16).